The van der Waals surface area contributed by atoms with Gasteiger partial charge in [0.2, 0.25) is 0 Å². The maximum atomic E-state index is 15.0. The molecular formula is C32H32N2O13Se. The third kappa shape index (κ3) is 6.22. The molecule has 0 aliphatic heterocycles. The van der Waals surface area contributed by atoms with Gasteiger partial charge < -0.3 is 0 Å². The van der Waals surface area contributed by atoms with Crippen molar-refractivity contribution in [3.8, 4) is 68.2 Å². The molecule has 0 bridgehead atoms. The predicted octanol–water partition coefficient (Wildman–Crippen LogP) is 4.44. The Balaban J connectivity index is 2.18. The Hall–Kier alpha value is -5.60. The first-order valence-electron chi connectivity index (χ1n) is 13.8. The topological polar surface area (TPSA) is 177 Å². The van der Waals surface area contributed by atoms with Gasteiger partial charge in [0, 0.05) is 0 Å². The van der Waals surface area contributed by atoms with E-state index in [1.807, 2.05) is 0 Å². The van der Waals surface area contributed by atoms with Gasteiger partial charge in [-0.3, -0.25) is 0 Å². The monoisotopic (exact) mass is 732 g/mol. The Labute approximate surface area is 279 Å². The van der Waals surface area contributed by atoms with Crippen molar-refractivity contribution in [2.75, 3.05) is 56.9 Å². The zero-order chi connectivity index (χ0) is 35.3. The van der Waals surface area contributed by atoms with E-state index < -0.39 is 35.1 Å². The second kappa shape index (κ2) is 14.9. The van der Waals surface area contributed by atoms with Crippen LogP contribution in [-0.4, -0.2) is 80.6 Å². The summed E-state index contributed by atoms with van der Waals surface area (Å²) in [5.74, 6) is 0.924. The summed E-state index contributed by atoms with van der Waals surface area (Å²) in [4.78, 5) is 24.0. The summed E-state index contributed by atoms with van der Waals surface area (Å²) in [5, 5.41) is 25.3. The van der Waals surface area contributed by atoms with Crippen LogP contribution in [0.5, 0.6) is 46.0 Å². The van der Waals surface area contributed by atoms with Crippen LogP contribution in [0.3, 0.4) is 0 Å². The van der Waals surface area contributed by atoms with Gasteiger partial charge in [0.05, 0.1) is 0 Å². The molecule has 4 rings (SSSR count). The number of ether oxygens (including phenoxy) is 8. The van der Waals surface area contributed by atoms with E-state index in [-0.39, 0.29) is 77.2 Å². The Kier molecular flexibility index (Phi) is 10.9. The average molecular weight is 732 g/mol. The van der Waals surface area contributed by atoms with Crippen molar-refractivity contribution in [1.82, 2.24) is 0 Å². The zero-order valence-electron chi connectivity index (χ0n) is 27.2. The molecule has 0 radical (unpaired) electrons. The minimum atomic E-state index is -3.68. The number of methoxy groups -OCH3 is 8. The number of nitro groups is 2. The normalized spacial score (nSPS) is 10.7. The molecule has 0 saturated carbocycles. The van der Waals surface area contributed by atoms with E-state index in [1.165, 1.54) is 105 Å². The molecule has 16 heteroatoms. The van der Waals surface area contributed by atoms with Crippen LogP contribution in [0.4, 0.5) is 11.4 Å². The van der Waals surface area contributed by atoms with Gasteiger partial charge in [0.25, 0.3) is 0 Å². The summed E-state index contributed by atoms with van der Waals surface area (Å²) >= 11 is -3.68. The number of rotatable bonds is 14. The molecule has 0 amide bonds. The number of nitro benzene ring substituents is 2. The van der Waals surface area contributed by atoms with Gasteiger partial charge in [0.15, 0.2) is 0 Å². The fourth-order valence-corrected chi connectivity index (χ4v) is 8.21. The van der Waals surface area contributed by atoms with Crippen molar-refractivity contribution in [2.45, 2.75) is 0 Å². The van der Waals surface area contributed by atoms with Gasteiger partial charge in [0.1, 0.15) is 0 Å². The molecule has 0 aliphatic rings. The third-order valence-corrected chi connectivity index (χ3v) is 10.4. The SMILES string of the molecule is COc1cc(-c2c([Se](=O)c3ccc(OC)c([N+](=O)[O-])c3-c3cc(OC)c(OC)c(OC)c3)ccc(OC)c2[N+](=O)[O-])cc(OC)c1OC. The molecule has 0 atom stereocenters. The van der Waals surface area contributed by atoms with Gasteiger partial charge in [-0.2, -0.15) is 0 Å². The summed E-state index contributed by atoms with van der Waals surface area (Å²) < 4.78 is 58.5. The minimum absolute atomic E-state index is 0.0185. The molecule has 0 unspecified atom stereocenters. The molecule has 0 aromatic heterocycles. The Morgan fingerprint density at radius 1 is 0.479 bits per heavy atom. The second-order valence-electron chi connectivity index (χ2n) is 9.59. The fraction of sp³-hybridized carbons (Fsp3) is 0.250. The first-order chi connectivity index (χ1) is 23.0. The van der Waals surface area contributed by atoms with Crippen molar-refractivity contribution >= 4 is 34.1 Å². The predicted molar refractivity (Wildman–Crippen MR) is 175 cm³/mol. The standard InChI is InChI=1S/C32H32N2O13Se/c1-40-19-9-11-25(27(29(19)33(35)36)17-13-21(42-3)31(46-7)22(14-17)43-4)48(39)26-12-10-20(41-2)30(34(37)38)28(26)18-15-23(44-5)32(47-8)24(16-18)45-6/h9-16H,1-8H3. The summed E-state index contributed by atoms with van der Waals surface area (Å²) in [5.41, 5.74) is -0.766. The maximum absolute atomic E-state index is 15.0. The van der Waals surface area contributed by atoms with Crippen LogP contribution in [0, 0.1) is 20.2 Å². The van der Waals surface area contributed by atoms with Crippen LogP contribution in [0.25, 0.3) is 22.3 Å². The summed E-state index contributed by atoms with van der Waals surface area (Å²) in [6, 6.07) is 11.4. The second-order valence-corrected chi connectivity index (χ2v) is 12.6. The molecule has 4 aromatic rings. The fourth-order valence-electron chi connectivity index (χ4n) is 5.24. The zero-order valence-corrected chi connectivity index (χ0v) is 28.9. The van der Waals surface area contributed by atoms with E-state index in [0.29, 0.717) is 0 Å². The van der Waals surface area contributed by atoms with Crippen LogP contribution in [0.1, 0.15) is 0 Å². The van der Waals surface area contributed by atoms with Crippen LogP contribution < -0.4 is 46.8 Å². The van der Waals surface area contributed by atoms with Gasteiger partial charge in [-0.1, -0.05) is 0 Å². The van der Waals surface area contributed by atoms with Gasteiger partial charge in [-0.25, -0.2) is 0 Å². The molecule has 48 heavy (non-hydrogen) atoms. The van der Waals surface area contributed by atoms with Crippen LogP contribution in [0.15, 0.2) is 48.5 Å². The molecular weight excluding hydrogens is 699 g/mol. The Bertz CT molecular complexity index is 1730. The third-order valence-electron chi connectivity index (χ3n) is 7.32. The van der Waals surface area contributed by atoms with Gasteiger partial charge in [-0.15, -0.1) is 0 Å². The van der Waals surface area contributed by atoms with E-state index in [9.17, 15) is 24.1 Å². The first-order valence-corrected chi connectivity index (χ1v) is 16.2. The summed E-state index contributed by atoms with van der Waals surface area (Å²) in [7, 11) is 10.9. The van der Waals surface area contributed by atoms with Crippen molar-refractivity contribution in [1.29, 1.82) is 0 Å². The van der Waals surface area contributed by atoms with E-state index in [0.717, 1.165) is 0 Å². The number of benzene rings is 4. The van der Waals surface area contributed by atoms with Gasteiger partial charge in [-0.05, 0) is 0 Å². The molecule has 15 nitrogen and oxygen atoms in total. The molecule has 254 valence electrons. The summed E-state index contributed by atoms with van der Waals surface area (Å²) in [6.07, 6.45) is 0. The van der Waals surface area contributed by atoms with Crippen molar-refractivity contribution in [2.24, 2.45) is 0 Å². The Morgan fingerprint density at radius 3 is 1.00 bits per heavy atom. The molecule has 0 fully saturated rings. The van der Waals surface area contributed by atoms with E-state index in [2.05, 4.69) is 0 Å². The van der Waals surface area contributed by atoms with Crippen molar-refractivity contribution in [3.63, 3.8) is 0 Å². The Morgan fingerprint density at radius 2 is 0.771 bits per heavy atom. The number of nitrogens with zero attached hydrogens (tertiary/aromatic N) is 2. The van der Waals surface area contributed by atoms with Crippen LogP contribution in [0.2, 0.25) is 0 Å². The molecule has 0 saturated heterocycles. The summed E-state index contributed by atoms with van der Waals surface area (Å²) in [6.45, 7) is 0. The van der Waals surface area contributed by atoms with Crippen LogP contribution in [-0.2, 0) is 3.83 Å². The molecule has 0 aliphatic carbocycles. The molecule has 0 heterocycles. The molecule has 0 spiro atoms. The molecule has 0 N–H and O–H groups in total. The quantitative estimate of drug-likeness (QED) is 0.101. The van der Waals surface area contributed by atoms with E-state index in [1.54, 1.807) is 0 Å². The first kappa shape index (κ1) is 35.3. The van der Waals surface area contributed by atoms with Gasteiger partial charge >= 0.3 is 280 Å². The number of hydrogen-bond acceptors (Lipinski definition) is 13. The van der Waals surface area contributed by atoms with Crippen molar-refractivity contribution < 1.29 is 51.6 Å². The van der Waals surface area contributed by atoms with Crippen LogP contribution >= 0.6 is 0 Å². The number of hydrogen-bond donors (Lipinski definition) is 0. The van der Waals surface area contributed by atoms with Crippen molar-refractivity contribution in [3.05, 3.63) is 68.8 Å². The van der Waals surface area contributed by atoms with E-state index in [4.69, 9.17) is 37.9 Å². The molecule has 4 aromatic carbocycles. The van der Waals surface area contributed by atoms with E-state index >= 15 is 0 Å². The average Bonchev–Trinajstić information content (AvgIpc) is 3.11.